The Morgan fingerprint density at radius 2 is 1.90 bits per heavy atom. The van der Waals surface area contributed by atoms with E-state index < -0.39 is 0 Å². The van der Waals surface area contributed by atoms with Crippen LogP contribution in [-0.4, -0.2) is 22.5 Å². The highest BCUT2D eigenvalue weighted by Gasteiger charge is 2.06. The number of nitrogens with zero attached hydrogens (tertiary/aromatic N) is 1. The maximum absolute atomic E-state index is 11.9. The van der Waals surface area contributed by atoms with Gasteiger partial charge < -0.3 is 16.2 Å². The van der Waals surface area contributed by atoms with Crippen molar-refractivity contribution in [3.05, 3.63) is 59.4 Å². The lowest BCUT2D eigenvalue weighted by Crippen LogP contribution is -2.22. The van der Waals surface area contributed by atoms with Crippen molar-refractivity contribution < 1.29 is 9.90 Å². The van der Waals surface area contributed by atoms with Crippen LogP contribution in [0, 0.1) is 0 Å². The molecular weight excluding hydrogens is 254 g/mol. The molecule has 0 saturated heterocycles. The predicted octanol–water partition coefficient (Wildman–Crippen LogP) is 1.22. The van der Waals surface area contributed by atoms with E-state index in [-0.39, 0.29) is 11.7 Å². The van der Waals surface area contributed by atoms with Crippen molar-refractivity contribution >= 4 is 5.91 Å². The third kappa shape index (κ3) is 3.80. The van der Waals surface area contributed by atoms with E-state index >= 15 is 0 Å². The molecule has 1 amide bonds. The smallest absolute Gasteiger partial charge is 0.253 e. The van der Waals surface area contributed by atoms with Crippen molar-refractivity contribution in [2.45, 2.75) is 13.0 Å². The van der Waals surface area contributed by atoms with Gasteiger partial charge in [0, 0.05) is 12.7 Å². The molecule has 0 bridgehead atoms. The largest absolute Gasteiger partial charge is 0.506 e. The molecule has 0 aliphatic heterocycles. The summed E-state index contributed by atoms with van der Waals surface area (Å²) in [5, 5.41) is 12.1. The Morgan fingerprint density at radius 1 is 1.20 bits per heavy atom. The molecule has 0 saturated carbocycles. The Balaban J connectivity index is 1.93. The maximum Gasteiger partial charge on any atom is 0.253 e. The van der Waals surface area contributed by atoms with E-state index in [4.69, 9.17) is 5.73 Å². The van der Waals surface area contributed by atoms with Gasteiger partial charge in [-0.2, -0.15) is 0 Å². The molecule has 0 atom stereocenters. The Morgan fingerprint density at radius 3 is 2.55 bits per heavy atom. The fraction of sp³-hybridized carbons (Fsp3) is 0.200. The first-order valence-electron chi connectivity index (χ1n) is 6.39. The maximum atomic E-state index is 11.9. The molecule has 0 radical (unpaired) electrons. The van der Waals surface area contributed by atoms with Crippen LogP contribution in [0.15, 0.2) is 42.7 Å². The number of aromatic nitrogens is 1. The van der Waals surface area contributed by atoms with Crippen molar-refractivity contribution in [1.29, 1.82) is 0 Å². The summed E-state index contributed by atoms with van der Waals surface area (Å²) in [5.41, 5.74) is 8.02. The third-order valence-corrected chi connectivity index (χ3v) is 2.90. The molecule has 0 fully saturated rings. The van der Waals surface area contributed by atoms with Crippen molar-refractivity contribution in [2.75, 3.05) is 6.54 Å². The number of rotatable bonds is 5. The van der Waals surface area contributed by atoms with E-state index in [9.17, 15) is 9.90 Å². The van der Waals surface area contributed by atoms with Crippen molar-refractivity contribution in [3.63, 3.8) is 0 Å². The summed E-state index contributed by atoms with van der Waals surface area (Å²) in [7, 11) is 0. The molecule has 104 valence electrons. The number of nitrogens with two attached hydrogens (primary N) is 1. The van der Waals surface area contributed by atoms with Crippen molar-refractivity contribution in [3.8, 4) is 5.75 Å². The fourth-order valence-corrected chi connectivity index (χ4v) is 1.83. The summed E-state index contributed by atoms with van der Waals surface area (Å²) in [6.07, 6.45) is 3.55. The molecule has 0 aliphatic carbocycles. The number of aromatic hydroxyl groups is 1. The highest BCUT2D eigenvalue weighted by Crippen LogP contribution is 2.09. The van der Waals surface area contributed by atoms with Gasteiger partial charge in [-0.1, -0.05) is 24.3 Å². The standard InChI is InChI=1S/C15H17N3O2/c16-6-5-11-1-3-12(4-2-11)8-18-15(20)13-7-14(19)10-17-9-13/h1-4,7,9-10,19H,5-6,8,16H2,(H,18,20). The molecule has 5 nitrogen and oxygen atoms in total. The first-order chi connectivity index (χ1) is 9.69. The Hall–Kier alpha value is -2.40. The molecule has 1 aromatic heterocycles. The van der Waals surface area contributed by atoms with Crippen LogP contribution in [0.1, 0.15) is 21.5 Å². The average Bonchev–Trinajstić information content (AvgIpc) is 2.46. The van der Waals surface area contributed by atoms with Gasteiger partial charge in [0.1, 0.15) is 5.75 Å². The lowest BCUT2D eigenvalue weighted by Gasteiger charge is -2.06. The normalized spacial score (nSPS) is 10.2. The monoisotopic (exact) mass is 271 g/mol. The number of hydrogen-bond acceptors (Lipinski definition) is 4. The lowest BCUT2D eigenvalue weighted by molar-refractivity contribution is 0.0950. The van der Waals surface area contributed by atoms with Gasteiger partial charge in [-0.05, 0) is 30.2 Å². The van der Waals surface area contributed by atoms with Gasteiger partial charge in [0.25, 0.3) is 5.91 Å². The number of pyridine rings is 1. The van der Waals surface area contributed by atoms with Gasteiger partial charge in [0.2, 0.25) is 0 Å². The van der Waals surface area contributed by atoms with Gasteiger partial charge in [0.05, 0.1) is 11.8 Å². The highest BCUT2D eigenvalue weighted by molar-refractivity contribution is 5.94. The molecule has 5 heteroatoms. The van der Waals surface area contributed by atoms with Crippen LogP contribution in [0.3, 0.4) is 0 Å². The first-order valence-corrected chi connectivity index (χ1v) is 6.39. The van der Waals surface area contributed by atoms with Gasteiger partial charge in [0.15, 0.2) is 0 Å². The van der Waals surface area contributed by atoms with E-state index in [2.05, 4.69) is 10.3 Å². The number of hydrogen-bond donors (Lipinski definition) is 3. The Bertz CT molecular complexity index is 582. The van der Waals surface area contributed by atoms with E-state index in [0.717, 1.165) is 12.0 Å². The second-order valence-corrected chi connectivity index (χ2v) is 4.47. The fourth-order valence-electron chi connectivity index (χ4n) is 1.83. The van der Waals surface area contributed by atoms with E-state index in [1.807, 2.05) is 24.3 Å². The Kier molecular flexibility index (Phi) is 4.68. The lowest BCUT2D eigenvalue weighted by atomic mass is 10.1. The van der Waals surface area contributed by atoms with Crippen LogP contribution < -0.4 is 11.1 Å². The average molecular weight is 271 g/mol. The third-order valence-electron chi connectivity index (χ3n) is 2.90. The van der Waals surface area contributed by atoms with E-state index in [0.29, 0.717) is 18.7 Å². The van der Waals surface area contributed by atoms with Crippen LogP contribution in [0.5, 0.6) is 5.75 Å². The zero-order valence-electron chi connectivity index (χ0n) is 11.0. The molecule has 4 N–H and O–H groups in total. The molecule has 2 aromatic rings. The molecule has 1 aromatic carbocycles. The summed E-state index contributed by atoms with van der Waals surface area (Å²) in [6, 6.07) is 9.32. The zero-order chi connectivity index (χ0) is 14.4. The second kappa shape index (κ2) is 6.68. The minimum atomic E-state index is -0.264. The van der Waals surface area contributed by atoms with Crippen molar-refractivity contribution in [2.24, 2.45) is 5.73 Å². The molecule has 2 rings (SSSR count). The second-order valence-electron chi connectivity index (χ2n) is 4.47. The number of carbonyl (C=O) groups is 1. The quantitative estimate of drug-likeness (QED) is 0.763. The summed E-state index contributed by atoms with van der Waals surface area (Å²) < 4.78 is 0. The summed E-state index contributed by atoms with van der Waals surface area (Å²) in [6.45, 7) is 1.05. The van der Waals surface area contributed by atoms with Crippen molar-refractivity contribution in [1.82, 2.24) is 10.3 Å². The number of benzene rings is 1. The first kappa shape index (κ1) is 14.0. The summed E-state index contributed by atoms with van der Waals surface area (Å²) in [5.74, 6) is -0.289. The van der Waals surface area contributed by atoms with Crippen LogP contribution in [0.25, 0.3) is 0 Å². The molecule has 0 spiro atoms. The van der Waals surface area contributed by atoms with Crippen LogP contribution in [0.4, 0.5) is 0 Å². The van der Waals surface area contributed by atoms with Crippen LogP contribution in [0.2, 0.25) is 0 Å². The van der Waals surface area contributed by atoms with Gasteiger partial charge >= 0.3 is 0 Å². The topological polar surface area (TPSA) is 88.2 Å². The summed E-state index contributed by atoms with van der Waals surface area (Å²) in [4.78, 5) is 15.6. The number of nitrogens with one attached hydrogen (secondary N) is 1. The van der Waals surface area contributed by atoms with Gasteiger partial charge in [-0.25, -0.2) is 0 Å². The van der Waals surface area contributed by atoms with E-state index in [1.165, 1.54) is 24.0 Å². The van der Waals surface area contributed by atoms with Crippen LogP contribution in [-0.2, 0) is 13.0 Å². The Labute approximate surface area is 117 Å². The van der Waals surface area contributed by atoms with Crippen LogP contribution >= 0.6 is 0 Å². The number of carbonyl (C=O) groups excluding carboxylic acids is 1. The zero-order valence-corrected chi connectivity index (χ0v) is 11.0. The molecule has 1 heterocycles. The molecule has 0 aliphatic rings. The van der Waals surface area contributed by atoms with E-state index in [1.54, 1.807) is 0 Å². The van der Waals surface area contributed by atoms with Gasteiger partial charge in [-0.3, -0.25) is 9.78 Å². The molecular formula is C15H17N3O2. The molecule has 0 unspecified atom stereocenters. The molecule has 20 heavy (non-hydrogen) atoms. The summed E-state index contributed by atoms with van der Waals surface area (Å²) >= 11 is 0. The highest BCUT2D eigenvalue weighted by atomic mass is 16.3. The van der Waals surface area contributed by atoms with Gasteiger partial charge in [-0.15, -0.1) is 0 Å². The predicted molar refractivity (Wildman–Crippen MR) is 76.3 cm³/mol. The SMILES string of the molecule is NCCc1ccc(CNC(=O)c2cncc(O)c2)cc1. The number of amides is 1. The minimum absolute atomic E-state index is 0.0243. The minimum Gasteiger partial charge on any atom is -0.506 e.